The number of carbonyl (C=O) groups excluding carboxylic acids is 1. The molecule has 5 nitrogen and oxygen atoms in total. The molecule has 3 rings (SSSR count). The molecule has 3 heterocycles. The van der Waals surface area contributed by atoms with E-state index in [-0.39, 0.29) is 5.78 Å². The van der Waals surface area contributed by atoms with Crippen molar-refractivity contribution in [3.8, 4) is 21.9 Å². The van der Waals surface area contributed by atoms with Gasteiger partial charge in [-0.3, -0.25) is 9.78 Å². The summed E-state index contributed by atoms with van der Waals surface area (Å²) in [6.07, 6.45) is 20.6. The fraction of sp³-hybridized carbons (Fsp3) is 0.536. The molecule has 34 heavy (non-hydrogen) atoms. The zero-order valence-corrected chi connectivity index (χ0v) is 21.4. The first-order valence-electron chi connectivity index (χ1n) is 13.0. The van der Waals surface area contributed by atoms with Crippen LogP contribution in [0.2, 0.25) is 0 Å². The van der Waals surface area contributed by atoms with Crippen LogP contribution < -0.4 is 5.73 Å². The Hall–Kier alpha value is -2.47. The van der Waals surface area contributed by atoms with Gasteiger partial charge in [-0.25, -0.2) is 4.98 Å². The van der Waals surface area contributed by atoms with Crippen molar-refractivity contribution in [2.75, 3.05) is 5.73 Å². The molecular weight excluding hydrogens is 442 g/mol. The van der Waals surface area contributed by atoms with Crippen LogP contribution in [0.4, 0.5) is 5.13 Å². The van der Waals surface area contributed by atoms with Crippen LogP contribution in [0, 0.1) is 0 Å². The summed E-state index contributed by atoms with van der Waals surface area (Å²) in [5.41, 5.74) is 7.94. The quantitative estimate of drug-likeness (QED) is 0.154. The van der Waals surface area contributed by atoms with Crippen LogP contribution in [0.15, 0.2) is 41.1 Å². The number of nitrogens with two attached hydrogens (primary N) is 1. The molecule has 2 N–H and O–H groups in total. The monoisotopic (exact) mass is 481 g/mol. The summed E-state index contributed by atoms with van der Waals surface area (Å²) in [6.45, 7) is 2.27. The number of hydrogen-bond donors (Lipinski definition) is 1. The lowest BCUT2D eigenvalue weighted by Gasteiger charge is -2.07. The Morgan fingerprint density at radius 2 is 1.56 bits per heavy atom. The molecule has 0 radical (unpaired) electrons. The van der Waals surface area contributed by atoms with Gasteiger partial charge in [0, 0.05) is 18.2 Å². The van der Waals surface area contributed by atoms with E-state index in [1.54, 1.807) is 12.5 Å². The average Bonchev–Trinajstić information content (AvgIpc) is 3.51. The van der Waals surface area contributed by atoms with Gasteiger partial charge in [-0.2, -0.15) is 0 Å². The molecule has 3 aromatic rings. The number of nitrogen functional groups attached to an aromatic ring is 1. The lowest BCUT2D eigenvalue weighted by atomic mass is 10.0. The van der Waals surface area contributed by atoms with E-state index in [4.69, 9.17) is 10.2 Å². The lowest BCUT2D eigenvalue weighted by Crippen LogP contribution is -2.04. The van der Waals surface area contributed by atoms with Gasteiger partial charge < -0.3 is 10.2 Å². The van der Waals surface area contributed by atoms with E-state index in [9.17, 15) is 4.79 Å². The Morgan fingerprint density at radius 1 is 0.912 bits per heavy atom. The summed E-state index contributed by atoms with van der Waals surface area (Å²) >= 11 is 1.36. The first-order valence-corrected chi connectivity index (χ1v) is 13.8. The molecule has 0 aliphatic rings. The summed E-state index contributed by atoms with van der Waals surface area (Å²) in [4.78, 5) is 22.7. The summed E-state index contributed by atoms with van der Waals surface area (Å²) in [7, 11) is 0. The minimum atomic E-state index is 0.0797. The van der Waals surface area contributed by atoms with E-state index in [0.717, 1.165) is 23.3 Å². The molecule has 3 aromatic heterocycles. The maximum Gasteiger partial charge on any atom is 0.181 e. The number of nitrogens with zero attached hydrogens (tertiary/aromatic N) is 2. The second-order valence-electron chi connectivity index (χ2n) is 9.02. The third-order valence-corrected chi connectivity index (χ3v) is 7.14. The van der Waals surface area contributed by atoms with Crippen LogP contribution in [0.25, 0.3) is 21.9 Å². The summed E-state index contributed by atoms with van der Waals surface area (Å²) in [5.74, 6) is 0.720. The second-order valence-corrected chi connectivity index (χ2v) is 10.1. The topological polar surface area (TPSA) is 82.0 Å². The van der Waals surface area contributed by atoms with E-state index in [2.05, 4.69) is 16.9 Å². The average molecular weight is 482 g/mol. The van der Waals surface area contributed by atoms with Crippen molar-refractivity contribution in [3.05, 3.63) is 42.4 Å². The van der Waals surface area contributed by atoms with Gasteiger partial charge in [0.2, 0.25) is 0 Å². The van der Waals surface area contributed by atoms with Gasteiger partial charge in [-0.05, 0) is 30.7 Å². The highest BCUT2D eigenvalue weighted by molar-refractivity contribution is 7.19. The largest absolute Gasteiger partial charge is 0.463 e. The normalized spacial score (nSPS) is 11.2. The highest BCUT2D eigenvalue weighted by Gasteiger charge is 2.21. The molecular formula is C28H39N3O2S. The smallest absolute Gasteiger partial charge is 0.181 e. The fourth-order valence-electron chi connectivity index (χ4n) is 4.33. The first-order chi connectivity index (χ1) is 16.7. The highest BCUT2D eigenvalue weighted by Crippen LogP contribution is 2.39. The Kier molecular flexibility index (Phi) is 11.3. The van der Waals surface area contributed by atoms with Crippen LogP contribution >= 0.6 is 11.3 Å². The van der Waals surface area contributed by atoms with E-state index >= 15 is 0 Å². The summed E-state index contributed by atoms with van der Waals surface area (Å²) in [5, 5.41) is 0.445. The van der Waals surface area contributed by atoms with Crippen LogP contribution in [-0.4, -0.2) is 15.8 Å². The number of aromatic nitrogens is 2. The molecule has 0 bridgehead atoms. The second kappa shape index (κ2) is 14.7. The van der Waals surface area contributed by atoms with Gasteiger partial charge in [-0.1, -0.05) is 95.3 Å². The number of hydrogen-bond acceptors (Lipinski definition) is 6. The number of rotatable bonds is 17. The first kappa shape index (κ1) is 26.1. The number of unbranched alkanes of at least 4 members (excludes halogenated alkanes) is 12. The Balaban J connectivity index is 1.40. The SMILES string of the molecule is CCCCCCCCCCCCCCCC(=O)c1ncccc1-c1sc(N)nc1-c1ccco1. The van der Waals surface area contributed by atoms with E-state index in [1.165, 1.54) is 82.0 Å². The maximum atomic E-state index is 13.0. The maximum absolute atomic E-state index is 13.0. The minimum Gasteiger partial charge on any atom is -0.463 e. The van der Waals surface area contributed by atoms with Gasteiger partial charge in [0.05, 0.1) is 11.1 Å². The number of ketones is 1. The Morgan fingerprint density at radius 3 is 2.18 bits per heavy atom. The zero-order valence-electron chi connectivity index (χ0n) is 20.6. The Bertz CT molecular complexity index is 981. The minimum absolute atomic E-state index is 0.0797. The molecule has 6 heteroatoms. The molecule has 0 atom stereocenters. The molecule has 0 unspecified atom stereocenters. The number of carbonyl (C=O) groups is 1. The third kappa shape index (κ3) is 8.08. The summed E-state index contributed by atoms with van der Waals surface area (Å²) in [6, 6.07) is 7.44. The van der Waals surface area contributed by atoms with E-state index in [0.29, 0.717) is 28.7 Å². The van der Waals surface area contributed by atoms with Crippen LogP contribution in [0.5, 0.6) is 0 Å². The van der Waals surface area contributed by atoms with Crippen molar-refractivity contribution in [3.63, 3.8) is 0 Å². The number of furan rings is 1. The highest BCUT2D eigenvalue weighted by atomic mass is 32.1. The summed E-state index contributed by atoms with van der Waals surface area (Å²) < 4.78 is 5.53. The van der Waals surface area contributed by atoms with Gasteiger partial charge in [-0.15, -0.1) is 0 Å². The molecule has 0 fully saturated rings. The van der Waals surface area contributed by atoms with Crippen molar-refractivity contribution in [2.24, 2.45) is 0 Å². The third-order valence-electron chi connectivity index (χ3n) is 6.22. The van der Waals surface area contributed by atoms with Crippen molar-refractivity contribution in [1.29, 1.82) is 0 Å². The van der Waals surface area contributed by atoms with Crippen LogP contribution in [0.3, 0.4) is 0 Å². The van der Waals surface area contributed by atoms with Crippen LogP contribution in [-0.2, 0) is 0 Å². The Labute approximate surface area is 208 Å². The van der Waals surface area contributed by atoms with Crippen molar-refractivity contribution in [1.82, 2.24) is 9.97 Å². The molecule has 0 amide bonds. The number of anilines is 1. The molecule has 184 valence electrons. The number of Topliss-reactive ketones (excluding diaryl/α,β-unsaturated/α-hetero) is 1. The van der Waals surface area contributed by atoms with E-state index in [1.807, 2.05) is 24.3 Å². The number of thiazole rings is 1. The fourth-order valence-corrected chi connectivity index (χ4v) is 5.20. The standard InChI is InChI=1S/C28H39N3O2S/c1-2-3-4-5-6-7-8-9-10-11-12-13-14-18-23(32)25-22(17-15-20-30-25)27-26(31-28(29)34-27)24-19-16-21-33-24/h15-17,19-21H,2-14,18H2,1H3,(H2,29,31). The molecule has 0 aliphatic carbocycles. The zero-order chi connectivity index (χ0) is 24.0. The van der Waals surface area contributed by atoms with Gasteiger partial charge in [0.15, 0.2) is 16.7 Å². The van der Waals surface area contributed by atoms with Gasteiger partial charge in [0.1, 0.15) is 11.4 Å². The molecule has 0 spiro atoms. The lowest BCUT2D eigenvalue weighted by molar-refractivity contribution is 0.0975. The van der Waals surface area contributed by atoms with Crippen molar-refractivity contribution >= 4 is 22.3 Å². The van der Waals surface area contributed by atoms with Gasteiger partial charge >= 0.3 is 0 Å². The number of pyridine rings is 1. The van der Waals surface area contributed by atoms with Crippen molar-refractivity contribution < 1.29 is 9.21 Å². The molecule has 0 saturated carbocycles. The van der Waals surface area contributed by atoms with Crippen molar-refractivity contribution in [2.45, 2.75) is 96.8 Å². The molecule has 0 aliphatic heterocycles. The predicted molar refractivity (Wildman–Crippen MR) is 142 cm³/mol. The molecule has 0 aromatic carbocycles. The van der Waals surface area contributed by atoms with E-state index < -0.39 is 0 Å². The van der Waals surface area contributed by atoms with Gasteiger partial charge in [0.25, 0.3) is 0 Å². The molecule has 0 saturated heterocycles. The predicted octanol–water partition coefficient (Wildman–Crippen LogP) is 8.71. The van der Waals surface area contributed by atoms with Crippen LogP contribution in [0.1, 0.15) is 107 Å².